The Hall–Kier alpha value is -3.46. The summed E-state index contributed by atoms with van der Waals surface area (Å²) in [6, 6.07) is 10.1. The van der Waals surface area contributed by atoms with Gasteiger partial charge in [0.25, 0.3) is 0 Å². The summed E-state index contributed by atoms with van der Waals surface area (Å²) in [7, 11) is 3.58. The number of fused-ring (bicyclic) bond motifs is 1. The van der Waals surface area contributed by atoms with Gasteiger partial charge in [-0.3, -0.25) is 14.4 Å². The third kappa shape index (κ3) is 4.93. The molecule has 9 nitrogen and oxygen atoms in total. The maximum absolute atomic E-state index is 12.8. The molecular formula is C27H35N7O2. The molecule has 36 heavy (non-hydrogen) atoms. The van der Waals surface area contributed by atoms with Gasteiger partial charge in [0, 0.05) is 48.7 Å². The number of para-hydroxylation sites is 1. The van der Waals surface area contributed by atoms with Gasteiger partial charge in [0.1, 0.15) is 17.4 Å². The van der Waals surface area contributed by atoms with Crippen molar-refractivity contribution in [2.45, 2.75) is 52.1 Å². The number of anilines is 2. The highest BCUT2D eigenvalue weighted by Gasteiger charge is 2.32. The fourth-order valence-electron chi connectivity index (χ4n) is 5.35. The molecule has 1 fully saturated rings. The first-order valence-corrected chi connectivity index (χ1v) is 12.7. The molecule has 9 heteroatoms. The zero-order valence-corrected chi connectivity index (χ0v) is 21.6. The van der Waals surface area contributed by atoms with E-state index in [0.717, 1.165) is 79.7 Å². The molecule has 1 N–H and O–H groups in total. The van der Waals surface area contributed by atoms with Crippen molar-refractivity contribution in [2.75, 3.05) is 37.0 Å². The van der Waals surface area contributed by atoms with Crippen molar-refractivity contribution < 1.29 is 9.53 Å². The van der Waals surface area contributed by atoms with Crippen LogP contribution in [0.15, 0.2) is 30.3 Å². The van der Waals surface area contributed by atoms with Gasteiger partial charge >= 0.3 is 0 Å². The second-order valence-electron chi connectivity index (χ2n) is 9.78. The van der Waals surface area contributed by atoms with E-state index < -0.39 is 0 Å². The Labute approximate surface area is 212 Å². The van der Waals surface area contributed by atoms with E-state index in [9.17, 15) is 4.79 Å². The number of ether oxygens (including phenoxy) is 1. The van der Waals surface area contributed by atoms with Crippen molar-refractivity contribution in [3.8, 4) is 5.75 Å². The topological polar surface area (TPSA) is 88.4 Å². The maximum atomic E-state index is 12.8. The number of carbonyl (C=O) groups is 1. The number of hydrogen-bond acceptors (Lipinski definition) is 7. The summed E-state index contributed by atoms with van der Waals surface area (Å²) in [5, 5.41) is 7.28. The fourth-order valence-corrected chi connectivity index (χ4v) is 5.35. The molecule has 1 saturated heterocycles. The summed E-state index contributed by atoms with van der Waals surface area (Å²) in [4.78, 5) is 27.4. The molecule has 0 bridgehead atoms. The Kier molecular flexibility index (Phi) is 6.91. The van der Waals surface area contributed by atoms with Gasteiger partial charge in [-0.2, -0.15) is 5.10 Å². The van der Waals surface area contributed by atoms with Gasteiger partial charge in [-0.05, 0) is 52.1 Å². The van der Waals surface area contributed by atoms with Crippen LogP contribution in [-0.4, -0.2) is 57.3 Å². The number of nitrogens with zero attached hydrogens (tertiary/aromatic N) is 6. The first kappa shape index (κ1) is 24.2. The van der Waals surface area contributed by atoms with Crippen LogP contribution in [0.2, 0.25) is 0 Å². The van der Waals surface area contributed by atoms with Crippen LogP contribution in [0.3, 0.4) is 0 Å². The van der Waals surface area contributed by atoms with Crippen molar-refractivity contribution in [1.29, 1.82) is 0 Å². The largest absolute Gasteiger partial charge is 0.496 e. The van der Waals surface area contributed by atoms with Crippen LogP contribution in [0.4, 0.5) is 11.6 Å². The number of methoxy groups -OCH3 is 1. The number of benzene rings is 1. The minimum Gasteiger partial charge on any atom is -0.496 e. The Balaban J connectivity index is 1.36. The molecule has 1 aromatic carbocycles. The lowest BCUT2D eigenvalue weighted by molar-refractivity contribution is -0.117. The number of rotatable bonds is 7. The number of aryl methyl sites for hydroxylation is 3. The van der Waals surface area contributed by atoms with Crippen molar-refractivity contribution in [3.63, 3.8) is 0 Å². The summed E-state index contributed by atoms with van der Waals surface area (Å²) in [6.07, 6.45) is 4.03. The van der Waals surface area contributed by atoms with Crippen LogP contribution < -0.4 is 15.0 Å². The lowest BCUT2D eigenvalue weighted by Crippen LogP contribution is -2.35. The predicted molar refractivity (Wildman–Crippen MR) is 139 cm³/mol. The minimum atomic E-state index is -0.0625. The van der Waals surface area contributed by atoms with E-state index in [1.807, 2.05) is 38.2 Å². The second kappa shape index (κ2) is 10.3. The molecule has 2 aliphatic heterocycles. The molecule has 1 atom stereocenters. The van der Waals surface area contributed by atoms with E-state index >= 15 is 0 Å². The predicted octanol–water partition coefficient (Wildman–Crippen LogP) is 3.56. The summed E-state index contributed by atoms with van der Waals surface area (Å²) in [6.45, 7) is 6.89. The van der Waals surface area contributed by atoms with Crippen molar-refractivity contribution >= 4 is 17.5 Å². The molecule has 3 aromatic rings. The van der Waals surface area contributed by atoms with Gasteiger partial charge in [-0.25, -0.2) is 9.97 Å². The van der Waals surface area contributed by atoms with Crippen LogP contribution in [0.1, 0.15) is 53.6 Å². The molecule has 190 valence electrons. The molecule has 0 saturated carbocycles. The second-order valence-corrected chi connectivity index (χ2v) is 9.78. The molecule has 0 radical (unpaired) electrons. The number of amides is 1. The molecule has 2 aromatic heterocycles. The standard InChI is InChI=1S/C27H35N7O2/c1-18-15-24(31-32(18)3)29-25(35)17-33-13-8-11-22(33)26-28-19(2)21-10-7-14-34(27(21)30-26)16-20-9-5-6-12-23(20)36-4/h5-6,9,12,15,22H,7-8,10-11,13-14,16-17H2,1-4H3,(H,29,31,35)/t22-/m0/s1. The lowest BCUT2D eigenvalue weighted by atomic mass is 10.0. The number of nitrogens with one attached hydrogen (secondary N) is 1. The number of hydrogen-bond donors (Lipinski definition) is 1. The molecule has 0 spiro atoms. The zero-order valence-electron chi connectivity index (χ0n) is 21.6. The summed E-state index contributed by atoms with van der Waals surface area (Å²) >= 11 is 0. The average Bonchev–Trinajstić information content (AvgIpc) is 3.45. The van der Waals surface area contributed by atoms with Crippen molar-refractivity contribution in [1.82, 2.24) is 24.6 Å². The summed E-state index contributed by atoms with van der Waals surface area (Å²) in [5.74, 6) is 3.26. The quantitative estimate of drug-likeness (QED) is 0.543. The first-order chi connectivity index (χ1) is 17.4. The number of aromatic nitrogens is 4. The summed E-state index contributed by atoms with van der Waals surface area (Å²) in [5.41, 5.74) is 4.42. The number of likely N-dealkylation sites (tertiary alicyclic amines) is 1. The third-order valence-electron chi connectivity index (χ3n) is 7.31. The highest BCUT2D eigenvalue weighted by atomic mass is 16.5. The first-order valence-electron chi connectivity index (χ1n) is 12.7. The van der Waals surface area contributed by atoms with Gasteiger partial charge in [0.2, 0.25) is 5.91 Å². The molecule has 0 aliphatic carbocycles. The summed E-state index contributed by atoms with van der Waals surface area (Å²) < 4.78 is 7.35. The van der Waals surface area contributed by atoms with E-state index in [4.69, 9.17) is 14.7 Å². The highest BCUT2D eigenvalue weighted by molar-refractivity contribution is 5.91. The Morgan fingerprint density at radius 2 is 2.00 bits per heavy atom. The van der Waals surface area contributed by atoms with Gasteiger partial charge in [-0.15, -0.1) is 0 Å². The monoisotopic (exact) mass is 489 g/mol. The van der Waals surface area contributed by atoms with Gasteiger partial charge in [-0.1, -0.05) is 18.2 Å². The van der Waals surface area contributed by atoms with Crippen LogP contribution in [0, 0.1) is 13.8 Å². The van der Waals surface area contributed by atoms with E-state index in [2.05, 4.69) is 33.2 Å². The molecule has 2 aliphatic rings. The Morgan fingerprint density at radius 3 is 2.78 bits per heavy atom. The molecule has 1 amide bonds. The molecule has 0 unspecified atom stereocenters. The average molecular weight is 490 g/mol. The van der Waals surface area contributed by atoms with Crippen molar-refractivity contribution in [3.05, 3.63) is 58.7 Å². The smallest absolute Gasteiger partial charge is 0.239 e. The van der Waals surface area contributed by atoms with Gasteiger partial charge < -0.3 is 15.0 Å². The third-order valence-corrected chi connectivity index (χ3v) is 7.31. The van der Waals surface area contributed by atoms with E-state index in [-0.39, 0.29) is 11.9 Å². The highest BCUT2D eigenvalue weighted by Crippen LogP contribution is 2.35. The van der Waals surface area contributed by atoms with E-state index in [1.165, 1.54) is 5.56 Å². The minimum absolute atomic E-state index is 0.0280. The molecule has 5 rings (SSSR count). The van der Waals surface area contributed by atoms with E-state index in [1.54, 1.807) is 11.8 Å². The van der Waals surface area contributed by atoms with E-state index in [0.29, 0.717) is 12.4 Å². The molecule has 4 heterocycles. The Morgan fingerprint density at radius 1 is 1.17 bits per heavy atom. The van der Waals surface area contributed by atoms with Crippen LogP contribution in [0.25, 0.3) is 0 Å². The van der Waals surface area contributed by atoms with Crippen LogP contribution >= 0.6 is 0 Å². The van der Waals surface area contributed by atoms with Crippen molar-refractivity contribution in [2.24, 2.45) is 7.05 Å². The normalized spacial score (nSPS) is 17.8. The maximum Gasteiger partial charge on any atom is 0.239 e. The fraction of sp³-hybridized carbons (Fsp3) is 0.481. The van der Waals surface area contributed by atoms with Crippen LogP contribution in [0.5, 0.6) is 5.75 Å². The zero-order chi connectivity index (χ0) is 25.2. The van der Waals surface area contributed by atoms with Gasteiger partial charge in [0.05, 0.1) is 19.7 Å². The van der Waals surface area contributed by atoms with Crippen LogP contribution in [-0.2, 0) is 24.8 Å². The molecular weight excluding hydrogens is 454 g/mol. The van der Waals surface area contributed by atoms with Gasteiger partial charge in [0.15, 0.2) is 5.82 Å². The number of carbonyl (C=O) groups excluding carboxylic acids is 1. The SMILES string of the molecule is COc1ccccc1CN1CCCc2c(C)nc([C@@H]3CCCN3CC(=O)Nc3cc(C)n(C)n3)nc21. The lowest BCUT2D eigenvalue weighted by Gasteiger charge is -2.32. The Bertz CT molecular complexity index is 1240.